The third-order valence-electron chi connectivity index (χ3n) is 2.55. The van der Waals surface area contributed by atoms with Gasteiger partial charge >= 0.3 is 0 Å². The first-order chi connectivity index (χ1) is 8.27. The van der Waals surface area contributed by atoms with Crippen LogP contribution >= 0.6 is 11.8 Å². The van der Waals surface area contributed by atoms with Crippen LogP contribution in [0.5, 0.6) is 0 Å². The second kappa shape index (κ2) is 8.31. The summed E-state index contributed by atoms with van der Waals surface area (Å²) >= 11 is 1.68. The minimum Gasteiger partial charge on any atom is -0.385 e. The number of ketones is 1. The summed E-state index contributed by atoms with van der Waals surface area (Å²) in [6.45, 7) is 2.88. The molecule has 17 heavy (non-hydrogen) atoms. The molecule has 1 aromatic rings. The molecule has 0 atom stereocenters. The van der Waals surface area contributed by atoms with Crippen molar-refractivity contribution in [1.29, 1.82) is 0 Å². The number of carbonyl (C=O) groups excluding carboxylic acids is 1. The van der Waals surface area contributed by atoms with Crippen molar-refractivity contribution in [2.45, 2.75) is 19.8 Å². The number of hydrogen-bond acceptors (Lipinski definition) is 3. The number of aryl methyl sites for hydroxylation is 1. The van der Waals surface area contributed by atoms with E-state index in [0.717, 1.165) is 30.8 Å². The fraction of sp³-hybridized carbons (Fsp3) is 0.500. The molecule has 0 aromatic heterocycles. The van der Waals surface area contributed by atoms with Gasteiger partial charge in [0, 0.05) is 19.3 Å². The van der Waals surface area contributed by atoms with Crippen LogP contribution in [0.15, 0.2) is 24.3 Å². The quantitative estimate of drug-likeness (QED) is 0.525. The average molecular weight is 252 g/mol. The van der Waals surface area contributed by atoms with E-state index >= 15 is 0 Å². The number of benzene rings is 1. The lowest BCUT2D eigenvalue weighted by atomic mass is 10.1. The van der Waals surface area contributed by atoms with Crippen LogP contribution in [0.1, 0.15) is 29.3 Å². The molecule has 0 bridgehead atoms. The van der Waals surface area contributed by atoms with Crippen LogP contribution in [-0.2, 0) is 11.2 Å². The molecule has 1 rings (SSSR count). The van der Waals surface area contributed by atoms with Gasteiger partial charge in [-0.2, -0.15) is 11.8 Å². The molecule has 1 aromatic carbocycles. The molecule has 0 aliphatic carbocycles. The molecule has 0 fully saturated rings. The van der Waals surface area contributed by atoms with E-state index in [9.17, 15) is 4.79 Å². The zero-order valence-corrected chi connectivity index (χ0v) is 11.4. The Kier molecular flexibility index (Phi) is 6.97. The standard InChI is InChI=1S/C14H20O2S/c1-3-12-5-7-13(8-6-12)14(15)11-17-10-4-9-16-2/h5-8H,3-4,9-11H2,1-2H3. The number of thioether (sulfide) groups is 1. The molecular weight excluding hydrogens is 232 g/mol. The lowest BCUT2D eigenvalue weighted by molar-refractivity contribution is 0.102. The molecule has 0 aliphatic heterocycles. The fourth-order valence-corrected chi connectivity index (χ4v) is 2.30. The van der Waals surface area contributed by atoms with E-state index in [4.69, 9.17) is 4.74 Å². The molecule has 2 nitrogen and oxygen atoms in total. The van der Waals surface area contributed by atoms with Crippen LogP contribution < -0.4 is 0 Å². The maximum atomic E-state index is 11.8. The van der Waals surface area contributed by atoms with Gasteiger partial charge in [0.25, 0.3) is 0 Å². The number of rotatable bonds is 8. The molecule has 0 N–H and O–H groups in total. The average Bonchev–Trinajstić information content (AvgIpc) is 2.38. The highest BCUT2D eigenvalue weighted by molar-refractivity contribution is 7.99. The molecule has 94 valence electrons. The van der Waals surface area contributed by atoms with Crippen molar-refractivity contribution in [2.24, 2.45) is 0 Å². The summed E-state index contributed by atoms with van der Waals surface area (Å²) in [5.41, 5.74) is 2.09. The maximum Gasteiger partial charge on any atom is 0.172 e. The van der Waals surface area contributed by atoms with Gasteiger partial charge in [-0.25, -0.2) is 0 Å². The second-order valence-corrected chi connectivity index (χ2v) is 4.98. The largest absolute Gasteiger partial charge is 0.385 e. The van der Waals surface area contributed by atoms with E-state index in [-0.39, 0.29) is 5.78 Å². The molecule has 0 unspecified atom stereocenters. The SMILES string of the molecule is CCc1ccc(C(=O)CSCCCOC)cc1. The third kappa shape index (κ3) is 5.37. The monoisotopic (exact) mass is 252 g/mol. The van der Waals surface area contributed by atoms with E-state index in [1.165, 1.54) is 5.56 Å². The first kappa shape index (κ1) is 14.3. The maximum absolute atomic E-state index is 11.8. The van der Waals surface area contributed by atoms with Gasteiger partial charge in [-0.15, -0.1) is 0 Å². The number of carbonyl (C=O) groups is 1. The van der Waals surface area contributed by atoms with Gasteiger partial charge in [0.15, 0.2) is 5.78 Å². The van der Waals surface area contributed by atoms with E-state index < -0.39 is 0 Å². The molecule has 0 saturated heterocycles. The molecule has 0 saturated carbocycles. The molecule has 0 radical (unpaired) electrons. The zero-order chi connectivity index (χ0) is 12.5. The topological polar surface area (TPSA) is 26.3 Å². The van der Waals surface area contributed by atoms with Crippen molar-refractivity contribution in [3.63, 3.8) is 0 Å². The van der Waals surface area contributed by atoms with Gasteiger partial charge in [-0.05, 0) is 24.2 Å². The Morgan fingerprint density at radius 3 is 2.59 bits per heavy atom. The second-order valence-electron chi connectivity index (χ2n) is 3.87. The Hall–Kier alpha value is -0.800. The summed E-state index contributed by atoms with van der Waals surface area (Å²) in [4.78, 5) is 11.8. The Labute approximate surface area is 108 Å². The number of ether oxygens (including phenoxy) is 1. The minimum absolute atomic E-state index is 0.218. The summed E-state index contributed by atoms with van der Waals surface area (Å²) in [6.07, 6.45) is 2.02. The molecule has 0 amide bonds. The van der Waals surface area contributed by atoms with Crippen LogP contribution in [0.4, 0.5) is 0 Å². The fourth-order valence-electron chi connectivity index (χ4n) is 1.48. The molecule has 3 heteroatoms. The summed E-state index contributed by atoms with van der Waals surface area (Å²) < 4.78 is 4.96. The molecule has 0 spiro atoms. The van der Waals surface area contributed by atoms with Gasteiger partial charge in [0.1, 0.15) is 0 Å². The summed E-state index contributed by atoms with van der Waals surface area (Å²) in [5, 5.41) is 0. The van der Waals surface area contributed by atoms with E-state index in [2.05, 4.69) is 6.92 Å². The highest BCUT2D eigenvalue weighted by Gasteiger charge is 2.05. The zero-order valence-electron chi connectivity index (χ0n) is 10.6. The van der Waals surface area contributed by atoms with Gasteiger partial charge < -0.3 is 4.74 Å². The highest BCUT2D eigenvalue weighted by atomic mass is 32.2. The Morgan fingerprint density at radius 1 is 1.29 bits per heavy atom. The summed E-state index contributed by atoms with van der Waals surface area (Å²) in [6, 6.07) is 7.92. The third-order valence-corrected chi connectivity index (χ3v) is 3.60. The number of hydrogen-bond donors (Lipinski definition) is 0. The van der Waals surface area contributed by atoms with E-state index in [1.54, 1.807) is 18.9 Å². The normalized spacial score (nSPS) is 10.5. The predicted octanol–water partition coefficient (Wildman–Crippen LogP) is 3.20. The van der Waals surface area contributed by atoms with Crippen LogP contribution in [0, 0.1) is 0 Å². The predicted molar refractivity (Wildman–Crippen MR) is 74.0 cm³/mol. The molecule has 0 aliphatic rings. The first-order valence-electron chi connectivity index (χ1n) is 5.96. The van der Waals surface area contributed by atoms with Crippen molar-refractivity contribution in [3.05, 3.63) is 35.4 Å². The highest BCUT2D eigenvalue weighted by Crippen LogP contribution is 2.10. The van der Waals surface area contributed by atoms with E-state index in [1.807, 2.05) is 24.3 Å². The summed E-state index contributed by atoms with van der Waals surface area (Å²) in [7, 11) is 1.70. The van der Waals surface area contributed by atoms with Crippen LogP contribution in [0.2, 0.25) is 0 Å². The van der Waals surface area contributed by atoms with Crippen molar-refractivity contribution in [3.8, 4) is 0 Å². The van der Waals surface area contributed by atoms with Crippen LogP contribution in [0.3, 0.4) is 0 Å². The van der Waals surface area contributed by atoms with Gasteiger partial charge in [-0.1, -0.05) is 31.2 Å². The number of methoxy groups -OCH3 is 1. The smallest absolute Gasteiger partial charge is 0.172 e. The van der Waals surface area contributed by atoms with Crippen LogP contribution in [0.25, 0.3) is 0 Å². The van der Waals surface area contributed by atoms with Crippen LogP contribution in [-0.4, -0.2) is 31.0 Å². The Morgan fingerprint density at radius 2 is 2.00 bits per heavy atom. The van der Waals surface area contributed by atoms with Crippen molar-refractivity contribution in [2.75, 3.05) is 25.2 Å². The van der Waals surface area contributed by atoms with Gasteiger partial charge in [0.05, 0.1) is 5.75 Å². The number of Topliss-reactive ketones (excluding diaryl/α,β-unsaturated/α-hetero) is 1. The lowest BCUT2D eigenvalue weighted by Crippen LogP contribution is -2.03. The van der Waals surface area contributed by atoms with Gasteiger partial charge in [0.2, 0.25) is 0 Å². The van der Waals surface area contributed by atoms with Crippen molar-refractivity contribution in [1.82, 2.24) is 0 Å². The first-order valence-corrected chi connectivity index (χ1v) is 7.12. The van der Waals surface area contributed by atoms with Crippen molar-refractivity contribution < 1.29 is 9.53 Å². The van der Waals surface area contributed by atoms with Crippen molar-refractivity contribution >= 4 is 17.5 Å². The summed E-state index contributed by atoms with van der Waals surface area (Å²) in [5.74, 6) is 1.76. The molecular formula is C14H20O2S. The Bertz CT molecular complexity index is 333. The van der Waals surface area contributed by atoms with E-state index in [0.29, 0.717) is 5.75 Å². The minimum atomic E-state index is 0.218. The van der Waals surface area contributed by atoms with Gasteiger partial charge in [-0.3, -0.25) is 4.79 Å². The molecule has 0 heterocycles. The Balaban J connectivity index is 2.31. The lowest BCUT2D eigenvalue weighted by Gasteiger charge is -2.03.